The van der Waals surface area contributed by atoms with Gasteiger partial charge in [0.1, 0.15) is 0 Å². The highest BCUT2D eigenvalue weighted by atomic mass is 16.1. The lowest BCUT2D eigenvalue weighted by Gasteiger charge is -2.23. The van der Waals surface area contributed by atoms with E-state index in [4.69, 9.17) is 0 Å². The van der Waals surface area contributed by atoms with Crippen molar-refractivity contribution in [3.8, 4) is 0 Å². The smallest absolute Gasteiger partial charge is 0.156 e. The first-order valence-corrected chi connectivity index (χ1v) is 7.08. The third kappa shape index (κ3) is 2.72. The van der Waals surface area contributed by atoms with Crippen LogP contribution < -0.4 is 0 Å². The Balaban J connectivity index is 1.89. The van der Waals surface area contributed by atoms with Gasteiger partial charge in [-0.25, -0.2) is 0 Å². The molecular formula is C19H18O. The minimum Gasteiger partial charge on any atom is -0.295 e. The summed E-state index contributed by atoms with van der Waals surface area (Å²) in [7, 11) is 0. The normalized spacial score (nSPS) is 18.8. The van der Waals surface area contributed by atoms with Gasteiger partial charge in [-0.05, 0) is 42.0 Å². The summed E-state index contributed by atoms with van der Waals surface area (Å²) in [6, 6.07) is 18.8. The summed E-state index contributed by atoms with van der Waals surface area (Å²) < 4.78 is 0. The Morgan fingerprint density at radius 3 is 2.30 bits per heavy atom. The third-order valence-electron chi connectivity index (χ3n) is 3.94. The second-order valence-corrected chi connectivity index (χ2v) is 5.52. The molecule has 0 radical (unpaired) electrons. The molecule has 0 heterocycles. The van der Waals surface area contributed by atoms with Crippen molar-refractivity contribution in [1.82, 2.24) is 0 Å². The number of aryl methyl sites for hydroxylation is 1. The number of rotatable bonds is 2. The molecule has 0 aliphatic heterocycles. The molecule has 0 bridgehead atoms. The zero-order chi connectivity index (χ0) is 13.9. The molecule has 0 aromatic heterocycles. The van der Waals surface area contributed by atoms with Gasteiger partial charge in [0.2, 0.25) is 0 Å². The molecule has 2 aromatic rings. The van der Waals surface area contributed by atoms with Gasteiger partial charge >= 0.3 is 0 Å². The van der Waals surface area contributed by atoms with Crippen molar-refractivity contribution in [2.45, 2.75) is 25.7 Å². The SMILES string of the molecule is Cc1ccc(C2CC(=O)C=C(c3ccccc3)C2)cc1. The van der Waals surface area contributed by atoms with Gasteiger partial charge < -0.3 is 0 Å². The van der Waals surface area contributed by atoms with Crippen LogP contribution in [0.4, 0.5) is 0 Å². The Morgan fingerprint density at radius 1 is 0.900 bits per heavy atom. The van der Waals surface area contributed by atoms with Gasteiger partial charge in [0.15, 0.2) is 5.78 Å². The molecule has 0 saturated carbocycles. The summed E-state index contributed by atoms with van der Waals surface area (Å²) >= 11 is 0. The summed E-state index contributed by atoms with van der Waals surface area (Å²) in [6.45, 7) is 2.09. The molecule has 1 atom stereocenters. The lowest BCUT2D eigenvalue weighted by atomic mass is 9.81. The molecule has 0 amide bonds. The quantitative estimate of drug-likeness (QED) is 0.777. The zero-order valence-corrected chi connectivity index (χ0v) is 11.7. The molecule has 1 nitrogen and oxygen atoms in total. The number of hydrogen-bond donors (Lipinski definition) is 0. The van der Waals surface area contributed by atoms with Crippen molar-refractivity contribution in [3.05, 3.63) is 77.4 Å². The Labute approximate surface area is 120 Å². The molecule has 1 aliphatic rings. The van der Waals surface area contributed by atoms with Crippen LogP contribution in [0.3, 0.4) is 0 Å². The summed E-state index contributed by atoms with van der Waals surface area (Å²) in [5.41, 5.74) is 4.85. The van der Waals surface area contributed by atoms with E-state index in [0.29, 0.717) is 12.3 Å². The van der Waals surface area contributed by atoms with E-state index in [9.17, 15) is 4.79 Å². The molecule has 1 aliphatic carbocycles. The monoisotopic (exact) mass is 262 g/mol. The number of carbonyl (C=O) groups is 1. The van der Waals surface area contributed by atoms with Crippen molar-refractivity contribution in [3.63, 3.8) is 0 Å². The van der Waals surface area contributed by atoms with Gasteiger partial charge in [-0.3, -0.25) is 4.79 Å². The summed E-state index contributed by atoms with van der Waals surface area (Å²) in [5, 5.41) is 0. The largest absolute Gasteiger partial charge is 0.295 e. The molecule has 3 rings (SSSR count). The van der Waals surface area contributed by atoms with Crippen LogP contribution in [0.25, 0.3) is 5.57 Å². The van der Waals surface area contributed by atoms with Gasteiger partial charge in [-0.15, -0.1) is 0 Å². The van der Waals surface area contributed by atoms with Crippen molar-refractivity contribution in [2.75, 3.05) is 0 Å². The van der Waals surface area contributed by atoms with E-state index in [-0.39, 0.29) is 5.78 Å². The minimum absolute atomic E-state index is 0.237. The van der Waals surface area contributed by atoms with Gasteiger partial charge in [0.25, 0.3) is 0 Å². The Bertz CT molecular complexity index is 635. The lowest BCUT2D eigenvalue weighted by Crippen LogP contribution is -2.12. The minimum atomic E-state index is 0.237. The number of ketones is 1. The van der Waals surface area contributed by atoms with E-state index >= 15 is 0 Å². The van der Waals surface area contributed by atoms with E-state index in [1.807, 2.05) is 24.3 Å². The molecule has 1 heteroatoms. The first-order chi connectivity index (χ1) is 9.72. The summed E-state index contributed by atoms with van der Waals surface area (Å²) in [4.78, 5) is 12.0. The van der Waals surface area contributed by atoms with Crippen molar-refractivity contribution >= 4 is 11.4 Å². The zero-order valence-electron chi connectivity index (χ0n) is 11.7. The second-order valence-electron chi connectivity index (χ2n) is 5.52. The van der Waals surface area contributed by atoms with Gasteiger partial charge in [0.05, 0.1) is 0 Å². The van der Waals surface area contributed by atoms with Crippen LogP contribution in [0, 0.1) is 6.92 Å². The van der Waals surface area contributed by atoms with Crippen LogP contribution in [-0.4, -0.2) is 5.78 Å². The van der Waals surface area contributed by atoms with Crippen molar-refractivity contribution < 1.29 is 4.79 Å². The van der Waals surface area contributed by atoms with Crippen LogP contribution in [0.5, 0.6) is 0 Å². The van der Waals surface area contributed by atoms with E-state index in [1.165, 1.54) is 11.1 Å². The number of allylic oxidation sites excluding steroid dienone is 2. The molecule has 0 spiro atoms. The fourth-order valence-corrected chi connectivity index (χ4v) is 2.82. The maximum Gasteiger partial charge on any atom is 0.156 e. The van der Waals surface area contributed by atoms with Crippen LogP contribution in [0.15, 0.2) is 60.7 Å². The standard InChI is InChI=1S/C19H18O/c1-14-7-9-16(10-8-14)18-11-17(12-19(20)13-18)15-5-3-2-4-6-15/h2-10,12,18H,11,13H2,1H3. The first kappa shape index (κ1) is 12.9. The predicted molar refractivity (Wildman–Crippen MR) is 82.6 cm³/mol. The van der Waals surface area contributed by atoms with Crippen molar-refractivity contribution in [2.24, 2.45) is 0 Å². The molecule has 100 valence electrons. The Hall–Kier alpha value is -2.15. The summed E-state index contributed by atoms with van der Waals surface area (Å²) in [5.74, 6) is 0.545. The molecule has 0 saturated heterocycles. The van der Waals surface area contributed by atoms with E-state index in [0.717, 1.165) is 17.6 Å². The molecule has 2 aromatic carbocycles. The predicted octanol–water partition coefficient (Wildman–Crippen LogP) is 4.53. The maximum atomic E-state index is 12.0. The number of benzene rings is 2. The van der Waals surface area contributed by atoms with Gasteiger partial charge in [-0.1, -0.05) is 60.2 Å². The average molecular weight is 262 g/mol. The highest BCUT2D eigenvalue weighted by Gasteiger charge is 2.22. The second kappa shape index (κ2) is 5.46. The van der Waals surface area contributed by atoms with Gasteiger partial charge in [0, 0.05) is 6.42 Å². The average Bonchev–Trinajstić information content (AvgIpc) is 2.48. The Kier molecular flexibility index (Phi) is 3.51. The van der Waals surface area contributed by atoms with E-state index in [1.54, 1.807) is 0 Å². The van der Waals surface area contributed by atoms with Crippen LogP contribution in [-0.2, 0) is 4.79 Å². The third-order valence-corrected chi connectivity index (χ3v) is 3.94. The van der Waals surface area contributed by atoms with E-state index < -0.39 is 0 Å². The molecular weight excluding hydrogens is 244 g/mol. The van der Waals surface area contributed by atoms with Crippen LogP contribution in [0.1, 0.15) is 35.4 Å². The maximum absolute atomic E-state index is 12.0. The number of carbonyl (C=O) groups excluding carboxylic acids is 1. The molecule has 0 fully saturated rings. The topological polar surface area (TPSA) is 17.1 Å². The molecule has 20 heavy (non-hydrogen) atoms. The van der Waals surface area contributed by atoms with Crippen LogP contribution in [0.2, 0.25) is 0 Å². The highest BCUT2D eigenvalue weighted by molar-refractivity contribution is 5.99. The lowest BCUT2D eigenvalue weighted by molar-refractivity contribution is -0.115. The molecule has 1 unspecified atom stereocenters. The fourth-order valence-electron chi connectivity index (χ4n) is 2.82. The van der Waals surface area contributed by atoms with Crippen molar-refractivity contribution in [1.29, 1.82) is 0 Å². The van der Waals surface area contributed by atoms with Gasteiger partial charge in [-0.2, -0.15) is 0 Å². The van der Waals surface area contributed by atoms with Crippen LogP contribution >= 0.6 is 0 Å². The van der Waals surface area contributed by atoms with E-state index in [2.05, 4.69) is 43.3 Å². The highest BCUT2D eigenvalue weighted by Crippen LogP contribution is 2.35. The summed E-state index contributed by atoms with van der Waals surface area (Å²) in [6.07, 6.45) is 3.39. The first-order valence-electron chi connectivity index (χ1n) is 7.08. The fraction of sp³-hybridized carbons (Fsp3) is 0.211. The Morgan fingerprint density at radius 2 is 1.60 bits per heavy atom. The number of hydrogen-bond acceptors (Lipinski definition) is 1. The molecule has 0 N–H and O–H groups in total.